The van der Waals surface area contributed by atoms with Crippen molar-refractivity contribution in [2.24, 2.45) is 0 Å². The maximum Gasteiger partial charge on any atom is 0.290 e. The monoisotopic (exact) mass is 362 g/mol. The molecule has 8 nitrogen and oxygen atoms in total. The highest BCUT2D eigenvalue weighted by Crippen LogP contribution is 2.35. The summed E-state index contributed by atoms with van der Waals surface area (Å²) in [7, 11) is -3.98. The maximum absolute atomic E-state index is 12.7. The van der Waals surface area contributed by atoms with E-state index >= 15 is 0 Å². The van der Waals surface area contributed by atoms with Crippen molar-refractivity contribution in [3.05, 3.63) is 33.3 Å². The fourth-order valence-corrected chi connectivity index (χ4v) is 4.59. The quantitative estimate of drug-likeness (QED) is 0.600. The number of sulfonamides is 1. The maximum atomic E-state index is 12.7. The van der Waals surface area contributed by atoms with Crippen LogP contribution in [-0.2, 0) is 19.5 Å². The number of benzene rings is 1. The number of rotatable bonds is 3. The normalized spacial score (nSPS) is 21.6. The molecule has 126 valence electrons. The van der Waals surface area contributed by atoms with Gasteiger partial charge in [-0.2, -0.15) is 4.31 Å². The van der Waals surface area contributed by atoms with E-state index in [1.54, 1.807) is 0 Å². The zero-order valence-electron chi connectivity index (χ0n) is 12.1. The SMILES string of the molecule is O=[N+]([O-])c1cc(Cl)ccc1S(=O)(=O)N1CCC2(CC1)OCCO2. The predicted octanol–water partition coefficient (Wildman–Crippen LogP) is 1.78. The van der Waals surface area contributed by atoms with E-state index in [0.717, 1.165) is 6.07 Å². The van der Waals surface area contributed by atoms with Crippen LogP contribution in [0, 0.1) is 10.1 Å². The lowest BCUT2D eigenvalue weighted by Crippen LogP contribution is -2.47. The van der Waals surface area contributed by atoms with Gasteiger partial charge in [0.2, 0.25) is 10.0 Å². The Morgan fingerprint density at radius 3 is 2.39 bits per heavy atom. The number of hydrogen-bond donors (Lipinski definition) is 0. The second-order valence-corrected chi connectivity index (χ2v) is 7.72. The van der Waals surface area contributed by atoms with E-state index < -0.39 is 26.4 Å². The van der Waals surface area contributed by atoms with Crippen LogP contribution in [-0.4, -0.2) is 49.7 Å². The van der Waals surface area contributed by atoms with Gasteiger partial charge in [-0.1, -0.05) is 11.6 Å². The van der Waals surface area contributed by atoms with E-state index in [2.05, 4.69) is 0 Å². The van der Waals surface area contributed by atoms with Gasteiger partial charge in [-0.25, -0.2) is 8.42 Å². The fourth-order valence-electron chi connectivity index (χ4n) is 2.84. The summed E-state index contributed by atoms with van der Waals surface area (Å²) in [5.74, 6) is -0.710. The van der Waals surface area contributed by atoms with Crippen LogP contribution >= 0.6 is 11.6 Å². The molecule has 10 heteroatoms. The van der Waals surface area contributed by atoms with Crippen LogP contribution in [0.3, 0.4) is 0 Å². The van der Waals surface area contributed by atoms with E-state index in [1.807, 2.05) is 0 Å². The van der Waals surface area contributed by atoms with Crippen molar-refractivity contribution in [3.8, 4) is 0 Å². The minimum Gasteiger partial charge on any atom is -0.347 e. The second-order valence-electron chi connectivity index (χ2n) is 5.38. The lowest BCUT2D eigenvalue weighted by molar-refractivity contribution is -0.387. The van der Waals surface area contributed by atoms with Gasteiger partial charge in [-0.05, 0) is 12.1 Å². The van der Waals surface area contributed by atoms with E-state index in [0.29, 0.717) is 26.1 Å². The summed E-state index contributed by atoms with van der Waals surface area (Å²) in [4.78, 5) is 10.0. The van der Waals surface area contributed by atoms with Gasteiger partial charge in [0.15, 0.2) is 10.7 Å². The van der Waals surface area contributed by atoms with Crippen molar-refractivity contribution in [2.75, 3.05) is 26.3 Å². The molecule has 0 unspecified atom stereocenters. The Morgan fingerprint density at radius 1 is 1.22 bits per heavy atom. The van der Waals surface area contributed by atoms with Crippen molar-refractivity contribution < 1.29 is 22.8 Å². The van der Waals surface area contributed by atoms with E-state index in [-0.39, 0.29) is 23.0 Å². The van der Waals surface area contributed by atoms with Crippen molar-refractivity contribution in [1.82, 2.24) is 4.31 Å². The minimum atomic E-state index is -3.98. The number of nitro groups is 1. The first kappa shape index (κ1) is 16.6. The first-order chi connectivity index (χ1) is 10.8. The third-order valence-electron chi connectivity index (χ3n) is 4.03. The van der Waals surface area contributed by atoms with E-state index in [1.165, 1.54) is 16.4 Å². The number of nitro benzene ring substituents is 1. The van der Waals surface area contributed by atoms with Gasteiger partial charge >= 0.3 is 0 Å². The largest absolute Gasteiger partial charge is 0.347 e. The summed E-state index contributed by atoms with van der Waals surface area (Å²) >= 11 is 5.73. The van der Waals surface area contributed by atoms with Crippen LogP contribution in [0.15, 0.2) is 23.1 Å². The Balaban J connectivity index is 1.87. The molecule has 0 aromatic heterocycles. The molecule has 0 bridgehead atoms. The molecule has 0 aliphatic carbocycles. The van der Waals surface area contributed by atoms with Crippen molar-refractivity contribution in [1.29, 1.82) is 0 Å². The van der Waals surface area contributed by atoms with Gasteiger partial charge in [0, 0.05) is 37.0 Å². The molecule has 0 saturated carbocycles. The molecule has 3 rings (SSSR count). The highest BCUT2D eigenvalue weighted by molar-refractivity contribution is 7.89. The molecular formula is C13H15ClN2O6S. The van der Waals surface area contributed by atoms with Gasteiger partial charge in [-0.15, -0.1) is 0 Å². The summed E-state index contributed by atoms with van der Waals surface area (Å²) < 4.78 is 37.8. The number of nitrogens with zero attached hydrogens (tertiary/aromatic N) is 2. The van der Waals surface area contributed by atoms with Crippen LogP contribution in [0.4, 0.5) is 5.69 Å². The van der Waals surface area contributed by atoms with Gasteiger partial charge in [0.1, 0.15) is 0 Å². The van der Waals surface area contributed by atoms with Crippen LogP contribution in [0.25, 0.3) is 0 Å². The standard InChI is InChI=1S/C13H15ClN2O6S/c14-10-1-2-12(11(9-10)16(17)18)23(19,20)15-5-3-13(4-6-15)21-7-8-22-13/h1-2,9H,3-8H2. The predicted molar refractivity (Wildman–Crippen MR) is 80.7 cm³/mol. The number of piperidine rings is 1. The summed E-state index contributed by atoms with van der Waals surface area (Å²) in [6, 6.07) is 3.54. The third kappa shape index (κ3) is 3.07. The Morgan fingerprint density at radius 2 is 1.83 bits per heavy atom. The van der Waals surface area contributed by atoms with Gasteiger partial charge in [-0.3, -0.25) is 10.1 Å². The first-order valence-electron chi connectivity index (χ1n) is 7.06. The highest BCUT2D eigenvalue weighted by Gasteiger charge is 2.43. The third-order valence-corrected chi connectivity index (χ3v) is 6.21. The van der Waals surface area contributed by atoms with E-state index in [4.69, 9.17) is 21.1 Å². The topological polar surface area (TPSA) is 99.0 Å². The lowest BCUT2D eigenvalue weighted by Gasteiger charge is -2.36. The zero-order valence-corrected chi connectivity index (χ0v) is 13.7. The Labute approximate surface area is 138 Å². The number of ether oxygens (including phenoxy) is 2. The number of hydrogen-bond acceptors (Lipinski definition) is 6. The van der Waals surface area contributed by atoms with Crippen LogP contribution in [0.5, 0.6) is 0 Å². The molecule has 2 saturated heterocycles. The summed E-state index contributed by atoms with van der Waals surface area (Å²) in [6.07, 6.45) is 0.793. The van der Waals surface area contributed by atoms with Crippen molar-refractivity contribution >= 4 is 27.3 Å². The van der Waals surface area contributed by atoms with Crippen molar-refractivity contribution in [2.45, 2.75) is 23.5 Å². The smallest absolute Gasteiger partial charge is 0.290 e. The Kier molecular flexibility index (Phi) is 4.32. The van der Waals surface area contributed by atoms with E-state index in [9.17, 15) is 18.5 Å². The highest BCUT2D eigenvalue weighted by atomic mass is 35.5. The fraction of sp³-hybridized carbons (Fsp3) is 0.538. The summed E-state index contributed by atoms with van der Waals surface area (Å²) in [6.45, 7) is 1.36. The molecule has 2 aliphatic heterocycles. The summed E-state index contributed by atoms with van der Waals surface area (Å²) in [5, 5.41) is 11.2. The molecule has 0 N–H and O–H groups in total. The molecule has 2 fully saturated rings. The molecule has 23 heavy (non-hydrogen) atoms. The molecular weight excluding hydrogens is 348 g/mol. The molecule has 0 atom stereocenters. The first-order valence-corrected chi connectivity index (χ1v) is 8.88. The summed E-state index contributed by atoms with van der Waals surface area (Å²) in [5.41, 5.74) is -0.522. The molecule has 2 aliphatic rings. The molecule has 1 aromatic carbocycles. The van der Waals surface area contributed by atoms with Gasteiger partial charge in [0.25, 0.3) is 5.69 Å². The molecule has 2 heterocycles. The average Bonchev–Trinajstić information content (AvgIpc) is 2.95. The molecule has 1 aromatic rings. The van der Waals surface area contributed by atoms with Crippen LogP contribution in [0.2, 0.25) is 5.02 Å². The van der Waals surface area contributed by atoms with Gasteiger partial charge in [0.05, 0.1) is 18.1 Å². The molecule has 0 amide bonds. The van der Waals surface area contributed by atoms with Crippen LogP contribution < -0.4 is 0 Å². The zero-order chi connectivity index (χ0) is 16.7. The van der Waals surface area contributed by atoms with Crippen LogP contribution in [0.1, 0.15) is 12.8 Å². The van der Waals surface area contributed by atoms with Gasteiger partial charge < -0.3 is 9.47 Å². The Bertz CT molecular complexity index is 722. The lowest BCUT2D eigenvalue weighted by atomic mass is 10.1. The van der Waals surface area contributed by atoms with Crippen molar-refractivity contribution in [3.63, 3.8) is 0 Å². The Hall–Kier alpha value is -1.26. The molecule has 1 spiro atoms. The minimum absolute atomic E-state index is 0.112. The molecule has 0 radical (unpaired) electrons. The second kappa shape index (κ2) is 5.99. The average molecular weight is 363 g/mol. The number of halogens is 1.